The van der Waals surface area contributed by atoms with Gasteiger partial charge in [-0.1, -0.05) is 80.9 Å². The minimum Gasteiger partial charge on any atom is -0.508 e. The summed E-state index contributed by atoms with van der Waals surface area (Å²) in [5.74, 6) is -0.468. The number of carbonyl (C=O) groups excluding carboxylic acids is 3. The van der Waals surface area contributed by atoms with Crippen molar-refractivity contribution < 1.29 is 33.7 Å². The number of nitrogens with one attached hydrogen (secondary N) is 3. The fraction of sp³-hybridized carbons (Fsp3) is 0.500. The Morgan fingerprint density at radius 3 is 2.31 bits per heavy atom. The summed E-state index contributed by atoms with van der Waals surface area (Å²) in [5.41, 5.74) is 4.84. The lowest BCUT2D eigenvalue weighted by Gasteiger charge is -2.39. The zero-order chi connectivity index (χ0) is 56.4. The number of β-amino-alcohol motifs (C(OH)–C–C–N with tert-alkyl or cyclic N) is 1. The molecule has 20 heteroatoms. The van der Waals surface area contributed by atoms with Gasteiger partial charge < -0.3 is 45.6 Å². The lowest BCUT2D eigenvalue weighted by molar-refractivity contribution is -0.144. The van der Waals surface area contributed by atoms with E-state index in [4.69, 9.17) is 26.3 Å². The molecule has 4 aliphatic rings. The molecular formula is C60H75ClFN11O6S. The molecule has 5 atom stereocenters. The molecule has 4 aliphatic heterocycles. The number of ether oxygens (including phenoxy) is 1. The van der Waals surface area contributed by atoms with Gasteiger partial charge in [-0.15, -0.1) is 11.3 Å². The molecule has 426 valence electrons. The summed E-state index contributed by atoms with van der Waals surface area (Å²) < 4.78 is 23.5. The average Bonchev–Trinajstić information content (AvgIpc) is 4.13. The number of carbonyl (C=O) groups is 3. The maximum atomic E-state index is 17.1. The third kappa shape index (κ3) is 13.0. The number of piperidine rings is 1. The Hall–Kier alpha value is -6.06. The van der Waals surface area contributed by atoms with E-state index >= 15 is 4.39 Å². The van der Waals surface area contributed by atoms with Crippen molar-refractivity contribution in [1.29, 1.82) is 0 Å². The first-order chi connectivity index (χ1) is 38.4. The highest BCUT2D eigenvalue weighted by molar-refractivity contribution is 7.13. The topological polar surface area (TPSA) is 192 Å². The Bertz CT molecular complexity index is 3190. The van der Waals surface area contributed by atoms with Crippen LogP contribution in [0.2, 0.25) is 5.02 Å². The van der Waals surface area contributed by atoms with E-state index in [-0.39, 0.29) is 77.2 Å². The summed E-state index contributed by atoms with van der Waals surface area (Å²) in [7, 11) is 0. The number of aromatic hydroxyl groups is 1. The molecular weight excluding hydrogens is 1060 g/mol. The number of aromatic nitrogens is 3. The highest BCUT2D eigenvalue weighted by Crippen LogP contribution is 2.43. The predicted molar refractivity (Wildman–Crippen MR) is 313 cm³/mol. The summed E-state index contributed by atoms with van der Waals surface area (Å²) in [5, 5.41) is 33.1. The number of nitrogens with zero attached hydrogens (tertiary/aromatic N) is 8. The van der Waals surface area contributed by atoms with Gasteiger partial charge in [0, 0.05) is 89.4 Å². The van der Waals surface area contributed by atoms with E-state index in [9.17, 15) is 24.6 Å². The van der Waals surface area contributed by atoms with E-state index in [2.05, 4.69) is 40.5 Å². The number of thiazole rings is 1. The molecule has 2 aromatic heterocycles. The van der Waals surface area contributed by atoms with Crippen LogP contribution in [0.25, 0.3) is 43.2 Å². The van der Waals surface area contributed by atoms with Crippen molar-refractivity contribution in [1.82, 2.24) is 50.5 Å². The molecule has 6 aromatic rings. The SMILES string of the molecule is Cc1ncsc1-c1ccc(C(C)NC(=O)[C@@H]2C[C@@H](O)CN2C(=O)C(NC(=O)CN2CCN(CC3CCN(CC(C)Oc4nc(N5CCNCC5)c5cc(Cl)c(-c6cc(O)cc7ccccc67)c(F)c5n4)CC3)CC2)C(C)(C)C)cc1. The van der Waals surface area contributed by atoms with Crippen LogP contribution in [0.4, 0.5) is 10.2 Å². The first kappa shape index (κ1) is 57.2. The Morgan fingerprint density at radius 2 is 1.61 bits per heavy atom. The molecule has 4 fully saturated rings. The van der Waals surface area contributed by atoms with Crippen LogP contribution in [0.15, 0.2) is 72.2 Å². The molecule has 0 bridgehead atoms. The molecule has 4 aromatic carbocycles. The van der Waals surface area contributed by atoms with Gasteiger partial charge in [0.1, 0.15) is 35.3 Å². The minimum absolute atomic E-state index is 0.00823. The number of phenolic OH excluding ortho intramolecular Hbond substituents is 1. The molecule has 0 saturated carbocycles. The van der Waals surface area contributed by atoms with Gasteiger partial charge >= 0.3 is 6.01 Å². The number of phenols is 1. The van der Waals surface area contributed by atoms with Crippen LogP contribution >= 0.6 is 22.9 Å². The van der Waals surface area contributed by atoms with E-state index in [1.54, 1.807) is 23.5 Å². The Kier molecular flexibility index (Phi) is 17.6. The number of anilines is 1. The highest BCUT2D eigenvalue weighted by atomic mass is 35.5. The smallest absolute Gasteiger partial charge is 0.319 e. The monoisotopic (exact) mass is 1130 g/mol. The highest BCUT2D eigenvalue weighted by Gasteiger charge is 2.45. The van der Waals surface area contributed by atoms with Crippen molar-refractivity contribution in [2.75, 3.05) is 96.5 Å². The molecule has 5 N–H and O–H groups in total. The number of likely N-dealkylation sites (tertiary alicyclic amines) is 2. The second kappa shape index (κ2) is 24.6. The number of piperazine rings is 2. The van der Waals surface area contributed by atoms with Crippen molar-refractivity contribution in [3.63, 3.8) is 0 Å². The lowest BCUT2D eigenvalue weighted by Crippen LogP contribution is -2.59. The molecule has 17 nitrogen and oxygen atoms in total. The molecule has 0 aliphatic carbocycles. The molecule has 0 radical (unpaired) electrons. The number of hydrogen-bond acceptors (Lipinski definition) is 15. The van der Waals surface area contributed by atoms with E-state index in [0.717, 1.165) is 104 Å². The summed E-state index contributed by atoms with van der Waals surface area (Å²) in [4.78, 5) is 67.6. The second-order valence-electron chi connectivity index (χ2n) is 23.4. The molecule has 3 amide bonds. The number of rotatable bonds is 16. The fourth-order valence-corrected chi connectivity index (χ4v) is 13.0. The maximum Gasteiger partial charge on any atom is 0.319 e. The number of fused-ring (bicyclic) bond motifs is 2. The zero-order valence-electron chi connectivity index (χ0n) is 46.7. The summed E-state index contributed by atoms with van der Waals surface area (Å²) >= 11 is 8.51. The number of benzene rings is 4. The van der Waals surface area contributed by atoms with Gasteiger partial charge in [0.25, 0.3) is 0 Å². The van der Waals surface area contributed by atoms with Crippen LogP contribution in [-0.4, -0.2) is 178 Å². The zero-order valence-corrected chi connectivity index (χ0v) is 48.3. The van der Waals surface area contributed by atoms with Crippen LogP contribution in [0.5, 0.6) is 11.8 Å². The average molecular weight is 1130 g/mol. The normalized spacial score (nSPS) is 20.3. The minimum atomic E-state index is -0.905. The first-order valence-corrected chi connectivity index (χ1v) is 29.4. The summed E-state index contributed by atoms with van der Waals surface area (Å²) in [6, 6.07) is 18.4. The molecule has 10 rings (SSSR count). The molecule has 0 spiro atoms. The number of aryl methyl sites for hydroxylation is 1. The number of hydrogen-bond donors (Lipinski definition) is 5. The van der Waals surface area contributed by atoms with Gasteiger partial charge in [-0.2, -0.15) is 9.97 Å². The van der Waals surface area contributed by atoms with Gasteiger partial charge in [-0.25, -0.2) is 9.37 Å². The molecule has 80 heavy (non-hydrogen) atoms. The van der Waals surface area contributed by atoms with E-state index in [1.807, 2.05) is 95.6 Å². The second-order valence-corrected chi connectivity index (χ2v) is 24.6. The fourth-order valence-electron chi connectivity index (χ4n) is 11.9. The lowest BCUT2D eigenvalue weighted by atomic mass is 9.85. The maximum absolute atomic E-state index is 17.1. The van der Waals surface area contributed by atoms with Gasteiger partial charge in [0.2, 0.25) is 17.7 Å². The summed E-state index contributed by atoms with van der Waals surface area (Å²) in [6.45, 7) is 21.2. The van der Waals surface area contributed by atoms with Gasteiger partial charge in [0.15, 0.2) is 5.82 Å². The van der Waals surface area contributed by atoms with Crippen molar-refractivity contribution in [2.24, 2.45) is 11.3 Å². The third-order valence-electron chi connectivity index (χ3n) is 16.3. The van der Waals surface area contributed by atoms with Crippen molar-refractivity contribution in [2.45, 2.75) is 91.1 Å². The van der Waals surface area contributed by atoms with Crippen LogP contribution < -0.4 is 25.6 Å². The van der Waals surface area contributed by atoms with Gasteiger partial charge in [0.05, 0.1) is 39.8 Å². The Balaban J connectivity index is 0.696. The molecule has 3 unspecified atom stereocenters. The van der Waals surface area contributed by atoms with E-state index in [1.165, 1.54) is 11.0 Å². The van der Waals surface area contributed by atoms with Crippen LogP contribution in [0, 0.1) is 24.1 Å². The van der Waals surface area contributed by atoms with Crippen LogP contribution in [0.3, 0.4) is 0 Å². The first-order valence-electron chi connectivity index (χ1n) is 28.2. The van der Waals surface area contributed by atoms with Crippen LogP contribution in [0.1, 0.15) is 71.2 Å². The molecule has 6 heterocycles. The largest absolute Gasteiger partial charge is 0.508 e. The van der Waals surface area contributed by atoms with Crippen LogP contribution in [-0.2, 0) is 14.4 Å². The number of aliphatic hydroxyl groups excluding tert-OH is 1. The van der Waals surface area contributed by atoms with Gasteiger partial charge in [-0.05, 0) is 104 Å². The predicted octanol–water partition coefficient (Wildman–Crippen LogP) is 7.26. The number of amides is 3. The number of aliphatic hydroxyl groups is 1. The standard InChI is InChI=1S/C60H75ClFN11O6S/c1-36(79-59-67-53-47(56(68-59)72-21-17-63-18-22-72)30-48(61)51(52(53)62)46-28-43(74)27-42-9-7-8-10-45(42)46)31-69-19-15-39(16-20-69)32-70-23-25-71(26-24-70)34-50(76)66-55(60(4,5)6)58(78)73-33-44(75)29-49(73)57(77)65-37(2)40-11-13-41(14-12-40)54-38(3)64-35-80-54/h7-14,27-28,30,35-37,39,44,49,55,63,74-75H,15-26,29,31-34H2,1-6H3,(H,65,77)(H,66,76)/t36?,37?,44-,49+,55?/m1/s1. The Labute approximate surface area is 476 Å². The molecule has 4 saturated heterocycles. The van der Waals surface area contributed by atoms with E-state index in [0.29, 0.717) is 42.3 Å². The summed E-state index contributed by atoms with van der Waals surface area (Å²) in [6.07, 6.45) is 1.03. The number of halogens is 2. The third-order valence-corrected chi connectivity index (χ3v) is 17.6. The van der Waals surface area contributed by atoms with E-state index < -0.39 is 29.4 Å². The van der Waals surface area contributed by atoms with Gasteiger partial charge in [-0.3, -0.25) is 24.2 Å². The van der Waals surface area contributed by atoms with Crippen molar-refractivity contribution in [3.05, 3.63) is 94.3 Å². The Morgan fingerprint density at radius 1 is 0.900 bits per heavy atom. The van der Waals surface area contributed by atoms with Crippen molar-refractivity contribution in [3.8, 4) is 33.3 Å². The quantitative estimate of drug-likeness (QED) is 0.0651. The van der Waals surface area contributed by atoms with Crippen molar-refractivity contribution >= 4 is 68.2 Å².